The van der Waals surface area contributed by atoms with Crippen molar-refractivity contribution in [1.29, 1.82) is 0 Å². The molecule has 1 aliphatic rings. The summed E-state index contributed by atoms with van der Waals surface area (Å²) in [5.74, 6) is 2.50. The van der Waals surface area contributed by atoms with Crippen LogP contribution in [0.15, 0.2) is 23.6 Å². The maximum atomic E-state index is 3.48. The zero-order valence-electron chi connectivity index (χ0n) is 10.4. The average molecular weight is 295 g/mol. The number of thiophene rings is 2. The molecule has 18 heavy (non-hydrogen) atoms. The minimum Gasteiger partial charge on any atom is -0.312 e. The smallest absolute Gasteiger partial charge is 0.0461 e. The Kier molecular flexibility index (Phi) is 4.09. The molecule has 0 saturated carbocycles. The highest BCUT2D eigenvalue weighted by Crippen LogP contribution is 2.35. The summed E-state index contributed by atoms with van der Waals surface area (Å²) in [6.07, 6.45) is 2.38. The first-order valence-corrected chi connectivity index (χ1v) is 9.11. The van der Waals surface area contributed by atoms with E-state index in [2.05, 4.69) is 47.7 Å². The Morgan fingerprint density at radius 3 is 3.11 bits per heavy atom. The van der Waals surface area contributed by atoms with Gasteiger partial charge in [0.1, 0.15) is 0 Å². The predicted molar refractivity (Wildman–Crippen MR) is 84.0 cm³/mol. The summed E-state index contributed by atoms with van der Waals surface area (Å²) >= 11 is 5.94. The van der Waals surface area contributed by atoms with Crippen molar-refractivity contribution in [2.45, 2.75) is 24.6 Å². The molecule has 1 atom stereocenters. The zero-order valence-corrected chi connectivity index (χ0v) is 12.9. The second kappa shape index (κ2) is 5.78. The third-order valence-electron chi connectivity index (χ3n) is 3.32. The predicted octanol–water partition coefficient (Wildman–Crippen LogP) is 4.10. The normalized spacial score (nSPS) is 16.5. The quantitative estimate of drug-likeness (QED) is 0.911. The first-order valence-electron chi connectivity index (χ1n) is 6.25. The van der Waals surface area contributed by atoms with Gasteiger partial charge in [-0.15, -0.1) is 22.7 Å². The van der Waals surface area contributed by atoms with Gasteiger partial charge in [-0.05, 0) is 42.3 Å². The van der Waals surface area contributed by atoms with Crippen molar-refractivity contribution in [2.75, 3.05) is 12.8 Å². The largest absolute Gasteiger partial charge is 0.312 e. The molecule has 4 heteroatoms. The van der Waals surface area contributed by atoms with Crippen molar-refractivity contribution in [3.63, 3.8) is 0 Å². The molecule has 1 unspecified atom stereocenters. The fourth-order valence-corrected chi connectivity index (χ4v) is 5.56. The van der Waals surface area contributed by atoms with Crippen molar-refractivity contribution >= 4 is 34.4 Å². The van der Waals surface area contributed by atoms with E-state index in [1.807, 2.05) is 22.7 Å². The zero-order chi connectivity index (χ0) is 12.4. The van der Waals surface area contributed by atoms with Gasteiger partial charge < -0.3 is 5.32 Å². The fourth-order valence-electron chi connectivity index (χ4n) is 2.32. The lowest BCUT2D eigenvalue weighted by molar-refractivity contribution is 0.606. The first-order chi connectivity index (χ1) is 8.86. The molecule has 3 heterocycles. The van der Waals surface area contributed by atoms with Crippen LogP contribution in [0.5, 0.6) is 0 Å². The second-order valence-electron chi connectivity index (χ2n) is 4.52. The lowest BCUT2D eigenvalue weighted by Crippen LogP contribution is -2.17. The highest BCUT2D eigenvalue weighted by atomic mass is 32.2. The van der Waals surface area contributed by atoms with E-state index in [9.17, 15) is 0 Å². The summed E-state index contributed by atoms with van der Waals surface area (Å²) in [6.45, 7) is 0. The van der Waals surface area contributed by atoms with Gasteiger partial charge in [-0.1, -0.05) is 6.07 Å². The summed E-state index contributed by atoms with van der Waals surface area (Å²) < 4.78 is 0. The van der Waals surface area contributed by atoms with E-state index in [0.29, 0.717) is 6.04 Å². The molecule has 1 aliphatic heterocycles. The average Bonchev–Trinajstić information content (AvgIpc) is 3.04. The molecule has 0 radical (unpaired) electrons. The molecule has 0 aliphatic carbocycles. The van der Waals surface area contributed by atoms with E-state index in [1.54, 1.807) is 10.4 Å². The van der Waals surface area contributed by atoms with E-state index in [0.717, 1.165) is 6.42 Å². The number of nitrogens with one attached hydrogen (secondary N) is 1. The van der Waals surface area contributed by atoms with Gasteiger partial charge in [-0.2, -0.15) is 11.8 Å². The van der Waals surface area contributed by atoms with Crippen molar-refractivity contribution in [3.05, 3.63) is 43.8 Å². The van der Waals surface area contributed by atoms with Gasteiger partial charge in [0.2, 0.25) is 0 Å². The lowest BCUT2D eigenvalue weighted by Gasteiger charge is -2.13. The summed E-state index contributed by atoms with van der Waals surface area (Å²) in [6, 6.07) is 7.28. The second-order valence-corrected chi connectivity index (χ2v) is 7.83. The molecular weight excluding hydrogens is 278 g/mol. The third-order valence-corrected chi connectivity index (χ3v) is 6.58. The molecule has 2 aromatic rings. The summed E-state index contributed by atoms with van der Waals surface area (Å²) in [4.78, 5) is 4.60. The number of hydrogen-bond acceptors (Lipinski definition) is 4. The van der Waals surface area contributed by atoms with Crippen LogP contribution in [0, 0.1) is 0 Å². The maximum absolute atomic E-state index is 3.48. The number of thioether (sulfide) groups is 1. The molecule has 3 rings (SSSR count). The molecule has 1 nitrogen and oxygen atoms in total. The summed E-state index contributed by atoms with van der Waals surface area (Å²) in [5.41, 5.74) is 1.58. The standard InChI is InChI=1S/C14H17NS3/c1-15-12(8-11-3-2-5-17-11)14-7-10-9-16-6-4-13(10)18-14/h2-3,5,7,12,15H,4,6,8-9H2,1H3. The van der Waals surface area contributed by atoms with Crippen LogP contribution in [0.2, 0.25) is 0 Å². The number of aryl methyl sites for hydroxylation is 1. The summed E-state index contributed by atoms with van der Waals surface area (Å²) in [7, 11) is 2.08. The van der Waals surface area contributed by atoms with Crippen molar-refractivity contribution in [1.82, 2.24) is 5.32 Å². The van der Waals surface area contributed by atoms with Gasteiger partial charge in [-0.25, -0.2) is 0 Å². The highest BCUT2D eigenvalue weighted by molar-refractivity contribution is 7.98. The highest BCUT2D eigenvalue weighted by Gasteiger charge is 2.18. The molecule has 2 aromatic heterocycles. The minimum absolute atomic E-state index is 0.476. The van der Waals surface area contributed by atoms with Gasteiger partial charge in [0.15, 0.2) is 0 Å². The van der Waals surface area contributed by atoms with Gasteiger partial charge in [-0.3, -0.25) is 0 Å². The van der Waals surface area contributed by atoms with Crippen LogP contribution in [0.3, 0.4) is 0 Å². The number of hydrogen-bond donors (Lipinski definition) is 1. The Morgan fingerprint density at radius 2 is 2.39 bits per heavy atom. The summed E-state index contributed by atoms with van der Waals surface area (Å²) in [5, 5.41) is 5.64. The van der Waals surface area contributed by atoms with Crippen LogP contribution in [0.4, 0.5) is 0 Å². The Hall–Kier alpha value is -0.290. The van der Waals surface area contributed by atoms with E-state index in [-0.39, 0.29) is 0 Å². The van der Waals surface area contributed by atoms with Crippen molar-refractivity contribution in [2.24, 2.45) is 0 Å². The van der Waals surface area contributed by atoms with Crippen LogP contribution in [0.1, 0.15) is 26.2 Å². The molecule has 0 spiro atoms. The van der Waals surface area contributed by atoms with Gasteiger partial charge in [0.25, 0.3) is 0 Å². The van der Waals surface area contributed by atoms with Gasteiger partial charge in [0, 0.05) is 32.8 Å². The topological polar surface area (TPSA) is 12.0 Å². The Balaban J connectivity index is 1.80. The van der Waals surface area contributed by atoms with E-state index >= 15 is 0 Å². The molecule has 0 fully saturated rings. The minimum atomic E-state index is 0.476. The first kappa shape index (κ1) is 12.7. The maximum Gasteiger partial charge on any atom is 0.0461 e. The van der Waals surface area contributed by atoms with Crippen LogP contribution >= 0.6 is 34.4 Å². The Labute approximate surface area is 121 Å². The van der Waals surface area contributed by atoms with Crippen LogP contribution < -0.4 is 5.32 Å². The third kappa shape index (κ3) is 2.67. The van der Waals surface area contributed by atoms with Crippen LogP contribution in [-0.2, 0) is 18.6 Å². The molecule has 96 valence electrons. The molecule has 0 amide bonds. The molecule has 0 saturated heterocycles. The Morgan fingerprint density at radius 1 is 1.44 bits per heavy atom. The van der Waals surface area contributed by atoms with Gasteiger partial charge >= 0.3 is 0 Å². The number of rotatable bonds is 4. The molecule has 0 bridgehead atoms. The number of likely N-dealkylation sites (N-methyl/N-ethyl adjacent to an activating group) is 1. The molecule has 0 aromatic carbocycles. The van der Waals surface area contributed by atoms with Crippen molar-refractivity contribution in [3.8, 4) is 0 Å². The lowest BCUT2D eigenvalue weighted by atomic mass is 10.1. The van der Waals surface area contributed by atoms with E-state index < -0.39 is 0 Å². The van der Waals surface area contributed by atoms with E-state index in [1.165, 1.54) is 27.7 Å². The van der Waals surface area contributed by atoms with Crippen LogP contribution in [0.25, 0.3) is 0 Å². The van der Waals surface area contributed by atoms with Crippen molar-refractivity contribution < 1.29 is 0 Å². The number of fused-ring (bicyclic) bond motifs is 1. The molecular formula is C14H17NS3. The SMILES string of the molecule is CNC(Cc1cccs1)c1cc2c(s1)CCSC2. The van der Waals surface area contributed by atoms with Crippen LogP contribution in [-0.4, -0.2) is 12.8 Å². The molecule has 1 N–H and O–H groups in total. The fraction of sp³-hybridized carbons (Fsp3) is 0.429. The Bertz CT molecular complexity index is 478. The van der Waals surface area contributed by atoms with Gasteiger partial charge in [0.05, 0.1) is 0 Å². The van der Waals surface area contributed by atoms with E-state index in [4.69, 9.17) is 0 Å². The monoisotopic (exact) mass is 295 g/mol.